The van der Waals surface area contributed by atoms with Crippen molar-refractivity contribution in [2.24, 2.45) is 5.73 Å². The first-order valence-electron chi connectivity index (χ1n) is 6.01. The Morgan fingerprint density at radius 3 is 2.74 bits per heavy atom. The van der Waals surface area contributed by atoms with Crippen LogP contribution in [0.1, 0.15) is 19.4 Å². The molecule has 0 aromatic heterocycles. The van der Waals surface area contributed by atoms with E-state index in [1.54, 1.807) is 6.92 Å². The number of benzene rings is 1. The standard InChI is InChI=1S/C12H19FN2O3S/c1-3-18-9(2)8-15-19(16,17)12-6-4-5-11(13)10(12)7-14/h4-6,9,15H,3,7-8,14H2,1-2H3. The van der Waals surface area contributed by atoms with Crippen LogP contribution in [-0.2, 0) is 21.3 Å². The van der Waals surface area contributed by atoms with Gasteiger partial charge in [0.15, 0.2) is 0 Å². The van der Waals surface area contributed by atoms with Gasteiger partial charge < -0.3 is 10.5 Å². The molecule has 0 saturated heterocycles. The van der Waals surface area contributed by atoms with Crippen LogP contribution in [0.3, 0.4) is 0 Å². The fourth-order valence-corrected chi connectivity index (χ4v) is 3.01. The predicted octanol–water partition coefficient (Wildman–Crippen LogP) is 0.988. The average Bonchev–Trinajstić information content (AvgIpc) is 2.36. The van der Waals surface area contributed by atoms with Gasteiger partial charge in [0.2, 0.25) is 10.0 Å². The topological polar surface area (TPSA) is 81.4 Å². The number of hydrogen-bond acceptors (Lipinski definition) is 4. The van der Waals surface area contributed by atoms with Crippen LogP contribution in [0.4, 0.5) is 4.39 Å². The highest BCUT2D eigenvalue weighted by Gasteiger charge is 2.20. The van der Waals surface area contributed by atoms with E-state index < -0.39 is 15.8 Å². The molecular weight excluding hydrogens is 271 g/mol. The van der Waals surface area contributed by atoms with Crippen molar-refractivity contribution in [3.8, 4) is 0 Å². The van der Waals surface area contributed by atoms with Crippen LogP contribution in [0.15, 0.2) is 23.1 Å². The van der Waals surface area contributed by atoms with Crippen LogP contribution >= 0.6 is 0 Å². The summed E-state index contributed by atoms with van der Waals surface area (Å²) in [7, 11) is -3.79. The van der Waals surface area contributed by atoms with E-state index in [1.165, 1.54) is 18.2 Å². The number of halogens is 1. The number of nitrogens with one attached hydrogen (secondary N) is 1. The van der Waals surface area contributed by atoms with Gasteiger partial charge in [-0.15, -0.1) is 0 Å². The lowest BCUT2D eigenvalue weighted by molar-refractivity contribution is 0.0799. The Morgan fingerprint density at radius 1 is 1.47 bits per heavy atom. The Labute approximate surface area is 113 Å². The summed E-state index contributed by atoms with van der Waals surface area (Å²) in [6.07, 6.45) is -0.255. The van der Waals surface area contributed by atoms with Gasteiger partial charge in [0.1, 0.15) is 5.82 Å². The smallest absolute Gasteiger partial charge is 0.241 e. The zero-order chi connectivity index (χ0) is 14.5. The maximum absolute atomic E-state index is 13.5. The lowest BCUT2D eigenvalue weighted by Crippen LogP contribution is -2.33. The van der Waals surface area contributed by atoms with Gasteiger partial charge in [-0.25, -0.2) is 17.5 Å². The first kappa shape index (κ1) is 16.0. The normalized spacial score (nSPS) is 13.5. The van der Waals surface area contributed by atoms with Gasteiger partial charge in [-0.1, -0.05) is 6.07 Å². The molecule has 3 N–H and O–H groups in total. The summed E-state index contributed by atoms with van der Waals surface area (Å²) in [5.41, 5.74) is 5.38. The Balaban J connectivity index is 2.92. The van der Waals surface area contributed by atoms with Crippen LogP contribution in [-0.4, -0.2) is 27.7 Å². The molecule has 0 radical (unpaired) electrons. The molecule has 1 aromatic carbocycles. The van der Waals surface area contributed by atoms with Crippen molar-refractivity contribution in [1.82, 2.24) is 4.72 Å². The van der Waals surface area contributed by atoms with E-state index >= 15 is 0 Å². The lowest BCUT2D eigenvalue weighted by Gasteiger charge is -2.14. The van der Waals surface area contributed by atoms with E-state index in [0.717, 1.165) is 0 Å². The number of sulfonamides is 1. The van der Waals surface area contributed by atoms with Crippen molar-refractivity contribution in [1.29, 1.82) is 0 Å². The first-order valence-corrected chi connectivity index (χ1v) is 7.49. The Hall–Kier alpha value is -1.02. The lowest BCUT2D eigenvalue weighted by atomic mass is 10.2. The second-order valence-corrected chi connectivity index (χ2v) is 5.77. The highest BCUT2D eigenvalue weighted by Crippen LogP contribution is 2.18. The number of nitrogens with two attached hydrogens (primary N) is 1. The molecule has 0 bridgehead atoms. The SMILES string of the molecule is CCOC(C)CNS(=O)(=O)c1cccc(F)c1CN. The molecule has 5 nitrogen and oxygen atoms in total. The second kappa shape index (κ2) is 6.95. The van der Waals surface area contributed by atoms with Gasteiger partial charge in [-0.2, -0.15) is 0 Å². The Morgan fingerprint density at radius 2 is 2.16 bits per heavy atom. The predicted molar refractivity (Wildman–Crippen MR) is 70.6 cm³/mol. The van der Waals surface area contributed by atoms with Crippen molar-refractivity contribution in [3.05, 3.63) is 29.6 Å². The molecule has 0 saturated carbocycles. The third-order valence-corrected chi connectivity index (χ3v) is 4.09. The molecule has 1 rings (SSSR count). The van der Waals surface area contributed by atoms with Crippen molar-refractivity contribution >= 4 is 10.0 Å². The van der Waals surface area contributed by atoms with Gasteiger partial charge in [0.25, 0.3) is 0 Å². The molecule has 0 amide bonds. The molecule has 0 aliphatic carbocycles. The summed E-state index contributed by atoms with van der Waals surface area (Å²) in [5.74, 6) is -0.622. The molecule has 0 aliphatic rings. The highest BCUT2D eigenvalue weighted by atomic mass is 32.2. The third-order valence-electron chi connectivity index (χ3n) is 2.58. The molecule has 0 heterocycles. The molecule has 1 aromatic rings. The highest BCUT2D eigenvalue weighted by molar-refractivity contribution is 7.89. The summed E-state index contributed by atoms with van der Waals surface area (Å²) in [6, 6.07) is 3.86. The molecule has 0 fully saturated rings. The average molecular weight is 290 g/mol. The van der Waals surface area contributed by atoms with Crippen molar-refractivity contribution in [2.45, 2.75) is 31.4 Å². The zero-order valence-corrected chi connectivity index (χ0v) is 11.8. The summed E-state index contributed by atoms with van der Waals surface area (Å²) in [6.45, 7) is 4.02. The van der Waals surface area contributed by atoms with E-state index in [0.29, 0.717) is 6.61 Å². The van der Waals surface area contributed by atoms with Crippen LogP contribution < -0.4 is 10.5 Å². The van der Waals surface area contributed by atoms with Gasteiger partial charge in [-0.05, 0) is 26.0 Å². The minimum Gasteiger partial charge on any atom is -0.377 e. The molecule has 1 unspecified atom stereocenters. The van der Waals surface area contributed by atoms with E-state index in [2.05, 4.69) is 4.72 Å². The number of hydrogen-bond donors (Lipinski definition) is 2. The van der Waals surface area contributed by atoms with E-state index in [1.807, 2.05) is 6.92 Å². The molecule has 7 heteroatoms. The second-order valence-electron chi connectivity index (χ2n) is 4.04. The molecule has 19 heavy (non-hydrogen) atoms. The van der Waals surface area contributed by atoms with Gasteiger partial charge >= 0.3 is 0 Å². The molecule has 0 aliphatic heterocycles. The molecule has 1 atom stereocenters. The third kappa shape index (κ3) is 4.24. The van der Waals surface area contributed by atoms with E-state index in [9.17, 15) is 12.8 Å². The Bertz CT molecular complexity index is 520. The number of rotatable bonds is 7. The van der Waals surface area contributed by atoms with E-state index in [-0.39, 0.29) is 29.7 Å². The van der Waals surface area contributed by atoms with Crippen LogP contribution in [0.25, 0.3) is 0 Å². The number of ether oxygens (including phenoxy) is 1. The van der Waals surface area contributed by atoms with Gasteiger partial charge in [0, 0.05) is 25.3 Å². The minimum atomic E-state index is -3.79. The van der Waals surface area contributed by atoms with Gasteiger partial charge in [0.05, 0.1) is 11.0 Å². The van der Waals surface area contributed by atoms with Crippen LogP contribution in [0.2, 0.25) is 0 Å². The zero-order valence-electron chi connectivity index (χ0n) is 11.0. The summed E-state index contributed by atoms with van der Waals surface area (Å²) in [4.78, 5) is -0.126. The maximum atomic E-state index is 13.5. The molecular formula is C12H19FN2O3S. The summed E-state index contributed by atoms with van der Waals surface area (Å²) >= 11 is 0. The summed E-state index contributed by atoms with van der Waals surface area (Å²) < 4.78 is 45.3. The monoisotopic (exact) mass is 290 g/mol. The van der Waals surface area contributed by atoms with Crippen LogP contribution in [0.5, 0.6) is 0 Å². The molecule has 108 valence electrons. The van der Waals surface area contributed by atoms with Crippen LogP contribution in [0, 0.1) is 5.82 Å². The fraction of sp³-hybridized carbons (Fsp3) is 0.500. The minimum absolute atomic E-state index is 0.0148. The van der Waals surface area contributed by atoms with Crippen molar-refractivity contribution in [2.75, 3.05) is 13.2 Å². The quantitative estimate of drug-likeness (QED) is 0.784. The fourth-order valence-electron chi connectivity index (χ4n) is 1.64. The van der Waals surface area contributed by atoms with E-state index in [4.69, 9.17) is 10.5 Å². The molecule has 0 spiro atoms. The van der Waals surface area contributed by atoms with Gasteiger partial charge in [-0.3, -0.25) is 0 Å². The first-order chi connectivity index (χ1) is 8.92. The largest absolute Gasteiger partial charge is 0.377 e. The maximum Gasteiger partial charge on any atom is 0.241 e. The Kier molecular flexibility index (Phi) is 5.86. The van der Waals surface area contributed by atoms with Crippen molar-refractivity contribution < 1.29 is 17.5 Å². The van der Waals surface area contributed by atoms with Crippen molar-refractivity contribution in [3.63, 3.8) is 0 Å². The summed E-state index contributed by atoms with van der Waals surface area (Å²) in [5, 5.41) is 0.